The van der Waals surface area contributed by atoms with Gasteiger partial charge in [-0.1, -0.05) is 18.2 Å². The van der Waals surface area contributed by atoms with Crippen LogP contribution in [-0.4, -0.2) is 71.9 Å². The number of hydrogen-bond donors (Lipinski definition) is 7. The summed E-state index contributed by atoms with van der Waals surface area (Å²) >= 11 is 0. The molecule has 0 aromatic heterocycles. The number of fused-ring (bicyclic) bond motifs is 1. The van der Waals surface area contributed by atoms with Crippen LogP contribution in [0.15, 0.2) is 119 Å². The van der Waals surface area contributed by atoms with Crippen LogP contribution in [-0.2, 0) is 35.1 Å². The Morgan fingerprint density at radius 2 is 1.20 bits per heavy atom. The van der Waals surface area contributed by atoms with Crippen molar-refractivity contribution in [2.75, 3.05) is 10.7 Å². The molecule has 1 unspecified atom stereocenters. The van der Waals surface area contributed by atoms with Crippen LogP contribution < -0.4 is 10.7 Å². The summed E-state index contributed by atoms with van der Waals surface area (Å²) in [5.74, 6) is -2.23. The zero-order valence-corrected chi connectivity index (χ0v) is 30.1. The van der Waals surface area contributed by atoms with Crippen LogP contribution in [0.2, 0.25) is 0 Å². The van der Waals surface area contributed by atoms with Gasteiger partial charge in [-0.2, -0.15) is 45.6 Å². The number of carbonyl (C=O) groups excluding carboxylic acids is 1. The van der Waals surface area contributed by atoms with Crippen LogP contribution in [0.25, 0.3) is 21.9 Å². The fourth-order valence-electron chi connectivity index (χ4n) is 5.40. The lowest BCUT2D eigenvalue weighted by atomic mass is 10.0. The first-order valence-electron chi connectivity index (χ1n) is 15.1. The summed E-state index contributed by atoms with van der Waals surface area (Å²) < 4.78 is 98.6. The summed E-state index contributed by atoms with van der Waals surface area (Å²) in [5, 5.41) is 52.2. The second-order valence-electron chi connectivity index (χ2n) is 11.7. The van der Waals surface area contributed by atoms with Gasteiger partial charge in [0, 0.05) is 5.39 Å². The van der Waals surface area contributed by atoms with E-state index in [2.05, 4.69) is 25.6 Å². The number of hydrogen-bond acceptors (Lipinski definition) is 16. The van der Waals surface area contributed by atoms with E-state index in [-0.39, 0.29) is 39.1 Å². The molecule has 284 valence electrons. The molecule has 1 amide bonds. The Bertz CT molecular complexity index is 2880. The minimum atomic E-state index is -5.12. The highest BCUT2D eigenvalue weighted by Crippen LogP contribution is 2.44. The standard InChI is InChI=1S/C32H25N7O13S3/c1-15-30(32(43)39(38-15)18-4-6-19(7-5-18)53(44,45)46)37-35-22-10-3-17(13-25(22)41)16-2-9-21(24(40)12-16)34-36-23-11-8-20-26(54(47,48)49)14-27(55(50,51)52)29(33)28(20)31(23)42/h2-14,30,40-42H,33H2,1H3,(H,44,45,46)(H,47,48,49)(H,50,51,52). The van der Waals surface area contributed by atoms with Crippen LogP contribution in [0.3, 0.4) is 0 Å². The van der Waals surface area contributed by atoms with E-state index in [0.29, 0.717) is 17.2 Å². The second kappa shape index (κ2) is 13.8. The van der Waals surface area contributed by atoms with Gasteiger partial charge in [-0.25, -0.2) is 0 Å². The third kappa shape index (κ3) is 7.55. The van der Waals surface area contributed by atoms with Gasteiger partial charge in [-0.3, -0.25) is 18.5 Å². The van der Waals surface area contributed by atoms with Crippen LogP contribution in [0.5, 0.6) is 17.2 Å². The molecule has 5 aromatic carbocycles. The number of aromatic hydroxyl groups is 3. The minimum Gasteiger partial charge on any atom is -0.506 e. The van der Waals surface area contributed by atoms with E-state index in [4.69, 9.17) is 5.73 Å². The molecule has 5 aromatic rings. The number of nitrogens with zero attached hydrogens (tertiary/aromatic N) is 6. The molecule has 8 N–H and O–H groups in total. The van der Waals surface area contributed by atoms with Gasteiger partial charge in [-0.15, -0.1) is 10.2 Å². The van der Waals surface area contributed by atoms with Crippen LogP contribution in [0.1, 0.15) is 6.92 Å². The third-order valence-corrected chi connectivity index (χ3v) is 10.7. The molecular formula is C32H25N7O13S3. The average molecular weight is 812 g/mol. The van der Waals surface area contributed by atoms with Gasteiger partial charge in [0.15, 0.2) is 11.8 Å². The van der Waals surface area contributed by atoms with Crippen molar-refractivity contribution >= 4 is 81.2 Å². The van der Waals surface area contributed by atoms with E-state index < -0.39 is 80.1 Å². The molecule has 1 heterocycles. The lowest BCUT2D eigenvalue weighted by molar-refractivity contribution is -0.117. The van der Waals surface area contributed by atoms with Crippen molar-refractivity contribution in [1.29, 1.82) is 0 Å². The monoisotopic (exact) mass is 811 g/mol. The molecule has 55 heavy (non-hydrogen) atoms. The Labute approximate surface area is 310 Å². The molecule has 6 rings (SSSR count). The number of azo groups is 2. The molecule has 0 fully saturated rings. The third-order valence-electron chi connectivity index (χ3n) is 8.08. The Balaban J connectivity index is 1.21. The second-order valence-corrected chi connectivity index (χ2v) is 15.9. The van der Waals surface area contributed by atoms with Gasteiger partial charge in [-0.05, 0) is 78.7 Å². The normalized spacial score (nSPS) is 15.4. The van der Waals surface area contributed by atoms with Crippen LogP contribution >= 0.6 is 0 Å². The number of hydrazone groups is 1. The molecule has 1 aliphatic heterocycles. The number of nitrogens with two attached hydrogens (primary N) is 1. The zero-order valence-electron chi connectivity index (χ0n) is 27.6. The Morgan fingerprint density at radius 3 is 1.73 bits per heavy atom. The first-order valence-corrected chi connectivity index (χ1v) is 19.5. The van der Waals surface area contributed by atoms with Crippen LogP contribution in [0.4, 0.5) is 28.4 Å². The highest BCUT2D eigenvalue weighted by molar-refractivity contribution is 7.87. The molecule has 1 aliphatic rings. The van der Waals surface area contributed by atoms with Gasteiger partial charge >= 0.3 is 0 Å². The molecule has 0 radical (unpaired) electrons. The highest BCUT2D eigenvalue weighted by Gasteiger charge is 2.35. The molecule has 0 saturated carbocycles. The molecule has 1 atom stereocenters. The van der Waals surface area contributed by atoms with Crippen molar-refractivity contribution < 1.29 is 59.0 Å². The number of phenols is 3. The van der Waals surface area contributed by atoms with E-state index in [1.54, 1.807) is 0 Å². The van der Waals surface area contributed by atoms with Crippen molar-refractivity contribution in [1.82, 2.24) is 0 Å². The molecule has 0 saturated heterocycles. The number of phenolic OH excluding ortho intramolecular Hbond substituents is 3. The maximum Gasteiger partial charge on any atom is 0.296 e. The van der Waals surface area contributed by atoms with Gasteiger partial charge < -0.3 is 21.1 Å². The zero-order chi connectivity index (χ0) is 40.2. The lowest BCUT2D eigenvalue weighted by Crippen LogP contribution is -2.29. The van der Waals surface area contributed by atoms with E-state index in [1.165, 1.54) is 55.5 Å². The summed E-state index contributed by atoms with van der Waals surface area (Å²) in [6, 6.07) is 14.5. The predicted molar refractivity (Wildman–Crippen MR) is 194 cm³/mol. The van der Waals surface area contributed by atoms with E-state index in [9.17, 15) is 59.0 Å². The SMILES string of the molecule is CC1=NN(c2ccc(S(=O)(=O)O)cc2)C(=O)C1N=Nc1ccc(-c2ccc(N=Nc3ccc4c(S(=O)(=O)O)cc(S(=O)(=O)O)c(N)c4c3O)c(O)c2)cc1O. The van der Waals surface area contributed by atoms with Crippen molar-refractivity contribution in [2.45, 2.75) is 27.7 Å². The molecule has 23 heteroatoms. The maximum atomic E-state index is 13.0. The van der Waals surface area contributed by atoms with Crippen molar-refractivity contribution in [2.24, 2.45) is 25.6 Å². The molecule has 20 nitrogen and oxygen atoms in total. The summed E-state index contributed by atoms with van der Waals surface area (Å²) in [6.07, 6.45) is 0. The molecule has 0 spiro atoms. The number of carbonyl (C=O) groups is 1. The summed E-state index contributed by atoms with van der Waals surface area (Å²) in [5.41, 5.74) is 5.85. The van der Waals surface area contributed by atoms with E-state index in [0.717, 1.165) is 29.3 Å². The van der Waals surface area contributed by atoms with Gasteiger partial charge in [0.1, 0.15) is 38.4 Å². The smallest absolute Gasteiger partial charge is 0.296 e. The summed E-state index contributed by atoms with van der Waals surface area (Å²) in [7, 11) is -14.6. The first kappa shape index (κ1) is 38.4. The van der Waals surface area contributed by atoms with Gasteiger partial charge in [0.25, 0.3) is 36.3 Å². The van der Waals surface area contributed by atoms with Gasteiger partial charge in [0.05, 0.1) is 27.4 Å². The molecule has 0 aliphatic carbocycles. The topological polar surface area (TPSA) is 332 Å². The number of nitrogen functional groups attached to an aromatic ring is 1. The fraction of sp³-hybridized carbons (Fsp3) is 0.0625. The number of amides is 1. The van der Waals surface area contributed by atoms with E-state index >= 15 is 0 Å². The maximum absolute atomic E-state index is 13.0. The highest BCUT2D eigenvalue weighted by atomic mass is 32.2. The Kier molecular flexibility index (Phi) is 9.62. The fourth-order valence-corrected chi connectivity index (χ4v) is 7.32. The Morgan fingerprint density at radius 1 is 0.673 bits per heavy atom. The number of anilines is 2. The van der Waals surface area contributed by atoms with Crippen LogP contribution in [0, 0.1) is 0 Å². The average Bonchev–Trinajstić information content (AvgIpc) is 3.38. The summed E-state index contributed by atoms with van der Waals surface area (Å²) in [4.78, 5) is 10.6. The number of rotatable bonds is 9. The molecular weight excluding hydrogens is 787 g/mol. The Hall–Kier alpha value is -6.37. The van der Waals surface area contributed by atoms with Gasteiger partial charge in [0.2, 0.25) is 0 Å². The van der Waals surface area contributed by atoms with Crippen molar-refractivity contribution in [3.8, 4) is 28.4 Å². The predicted octanol–water partition coefficient (Wildman–Crippen LogP) is 5.24. The quantitative estimate of drug-likeness (QED) is 0.0569. The van der Waals surface area contributed by atoms with E-state index in [1.807, 2.05) is 0 Å². The molecule has 0 bridgehead atoms. The number of benzene rings is 5. The first-order chi connectivity index (χ1) is 25.6. The van der Waals surface area contributed by atoms with Crippen molar-refractivity contribution in [3.05, 3.63) is 78.9 Å². The lowest BCUT2D eigenvalue weighted by Gasteiger charge is -2.13. The largest absolute Gasteiger partial charge is 0.506 e. The van der Waals surface area contributed by atoms with Crippen molar-refractivity contribution in [3.63, 3.8) is 0 Å². The summed E-state index contributed by atoms with van der Waals surface area (Å²) in [6.45, 7) is 1.53. The minimum absolute atomic E-state index is 0.0156.